The predicted octanol–water partition coefficient (Wildman–Crippen LogP) is 6.00. The predicted molar refractivity (Wildman–Crippen MR) is 366 cm³/mol. The van der Waals surface area contributed by atoms with Crippen molar-refractivity contribution in [2.75, 3.05) is 82.1 Å². The highest BCUT2D eigenvalue weighted by molar-refractivity contribution is 6.20. The summed E-state index contributed by atoms with van der Waals surface area (Å²) in [6.45, 7) is 17.4. The summed E-state index contributed by atoms with van der Waals surface area (Å²) in [5.41, 5.74) is -1.75. The lowest BCUT2D eigenvalue weighted by Crippen LogP contribution is -2.63. The Labute approximate surface area is 584 Å². The Morgan fingerprint density at radius 1 is 0.633 bits per heavy atom. The van der Waals surface area contributed by atoms with Gasteiger partial charge in [-0.1, -0.05) is 60.6 Å². The molecule has 2 saturated carbocycles. The van der Waals surface area contributed by atoms with Crippen molar-refractivity contribution in [1.82, 2.24) is 60.9 Å². The van der Waals surface area contributed by atoms with Gasteiger partial charge in [0.25, 0.3) is 0 Å². The topological polar surface area (TPSA) is 297 Å². The van der Waals surface area contributed by atoms with Gasteiger partial charge in [0.05, 0.1) is 25.6 Å². The molecule has 1 saturated heterocycles. The number of nitrogens with zero attached hydrogens (tertiary/aromatic N) is 7. The molecular formula is C69H116ClF3N12O13. The van der Waals surface area contributed by atoms with Crippen molar-refractivity contribution in [3.05, 3.63) is 12.7 Å². The first-order valence-corrected chi connectivity index (χ1v) is 35.3. The van der Waals surface area contributed by atoms with E-state index in [1.165, 1.54) is 84.0 Å². The Bertz CT molecular complexity index is 2730. The van der Waals surface area contributed by atoms with Crippen LogP contribution in [0.4, 0.5) is 18.0 Å². The van der Waals surface area contributed by atoms with Crippen LogP contribution in [0.2, 0.25) is 0 Å². The van der Waals surface area contributed by atoms with Crippen molar-refractivity contribution in [3.8, 4) is 0 Å². The van der Waals surface area contributed by atoms with E-state index in [1.807, 2.05) is 34.6 Å². The number of hydrogen-bond donors (Lipinski definition) is 5. The summed E-state index contributed by atoms with van der Waals surface area (Å²) in [6, 6.07) is -8.26. The van der Waals surface area contributed by atoms with Crippen LogP contribution in [0.25, 0.3) is 0 Å². The smallest absolute Gasteiger partial charge is 0.407 e. The van der Waals surface area contributed by atoms with Gasteiger partial charge in [-0.3, -0.25) is 52.7 Å². The zero-order chi connectivity index (χ0) is 74.3. The van der Waals surface area contributed by atoms with E-state index in [0.717, 1.165) is 19.6 Å². The van der Waals surface area contributed by atoms with Gasteiger partial charge in [-0.05, 0) is 153 Å². The van der Waals surface area contributed by atoms with Crippen LogP contribution in [-0.2, 0) is 57.5 Å². The maximum absolute atomic E-state index is 15.1. The summed E-state index contributed by atoms with van der Waals surface area (Å²) < 4.78 is 46.5. The Hall–Kier alpha value is -6.74. The first-order chi connectivity index (χ1) is 45.7. The molecule has 3 aliphatic rings. The molecule has 5 N–H and O–H groups in total. The summed E-state index contributed by atoms with van der Waals surface area (Å²) in [4.78, 5) is 181. The molecule has 0 aromatic carbocycles. The van der Waals surface area contributed by atoms with Crippen LogP contribution in [0.3, 0.4) is 0 Å². The van der Waals surface area contributed by atoms with E-state index in [4.69, 9.17) is 16.3 Å². The molecule has 1 heterocycles. The number of alkyl halides is 4. The molecule has 0 unspecified atom stereocenters. The summed E-state index contributed by atoms with van der Waals surface area (Å²) >= 11 is 6.49. The fraction of sp³-hybridized carbons (Fsp3) is 0.797. The number of likely N-dealkylation sites (N-methyl/N-ethyl adjacent to an activating group) is 7. The number of carbonyl (C=O) groups excluding carboxylic acids is 12. The second-order valence-electron chi connectivity index (χ2n) is 29.0. The Kier molecular flexibility index (Phi) is 34.8. The lowest BCUT2D eigenvalue weighted by atomic mass is 9.79. The second kappa shape index (κ2) is 39.9. The van der Waals surface area contributed by atoms with Gasteiger partial charge in [0.15, 0.2) is 0 Å². The quantitative estimate of drug-likeness (QED) is 0.0599. The van der Waals surface area contributed by atoms with Crippen molar-refractivity contribution >= 4 is 82.7 Å². The van der Waals surface area contributed by atoms with Gasteiger partial charge in [0, 0.05) is 73.7 Å². The lowest BCUT2D eigenvalue weighted by Gasteiger charge is -2.38. The number of nitrogens with one attached hydrogen (secondary N) is 5. The molecule has 0 bridgehead atoms. The largest absolute Gasteiger partial charge is 0.445 e. The number of hydrogen-bond acceptors (Lipinski definition) is 13. The zero-order valence-corrected chi connectivity index (χ0v) is 61.8. The third kappa shape index (κ3) is 26.4. The van der Waals surface area contributed by atoms with Crippen LogP contribution >= 0.6 is 11.6 Å². The van der Waals surface area contributed by atoms with Crippen molar-refractivity contribution in [1.29, 1.82) is 0 Å². The molecule has 0 aromatic heterocycles. The molecule has 558 valence electrons. The van der Waals surface area contributed by atoms with E-state index in [9.17, 15) is 65.9 Å². The molecular weight excluding hydrogens is 1300 g/mol. The second-order valence-corrected chi connectivity index (χ2v) is 29.6. The first kappa shape index (κ1) is 85.5. The number of unbranched alkanes of at least 4 members (excludes halogenated alkanes) is 1. The molecule has 98 heavy (non-hydrogen) atoms. The molecule has 25 nitrogen and oxygen atoms in total. The van der Waals surface area contributed by atoms with Crippen LogP contribution in [0.1, 0.15) is 178 Å². The lowest BCUT2D eigenvalue weighted by molar-refractivity contribution is -0.184. The maximum Gasteiger partial charge on any atom is 0.407 e. The average molecular weight is 1410 g/mol. The van der Waals surface area contributed by atoms with E-state index in [2.05, 4.69) is 33.2 Å². The van der Waals surface area contributed by atoms with Crippen LogP contribution in [0.15, 0.2) is 12.7 Å². The van der Waals surface area contributed by atoms with Gasteiger partial charge in [0.1, 0.15) is 48.4 Å². The molecule has 0 radical (unpaired) electrons. The number of carbonyl (C=O) groups is 12. The third-order valence-corrected chi connectivity index (χ3v) is 20.3. The number of alkyl carbamates (subject to hydrolysis) is 1. The summed E-state index contributed by atoms with van der Waals surface area (Å²) in [5, 5.41) is 13.8. The summed E-state index contributed by atoms with van der Waals surface area (Å²) in [5.74, 6) is -10.1. The highest BCUT2D eigenvalue weighted by Crippen LogP contribution is 2.41. The number of amides is 12. The minimum Gasteiger partial charge on any atom is -0.445 e. The zero-order valence-electron chi connectivity index (χ0n) is 61.1. The SMILES string of the molecule is C=CCOC(=O)NCCCC[C@@H]1NC(=O)[C@H](CCC2CCC(C(F)(F)F)CC2)NC(=O)CN(C)C(=O)[C@H](CC2CCC(Cl)CC2)N(C)C(=O)CN(C)C(=O)CN(C)C(=O)[C@H]([C@@H](C)CC)NC(=O)[C@H](CC(C)C)N(C)C(=O)C[C@@H](C)N(C)C(=O)[C@H](CC(C)C)NC(=O)C(C)(C)N(C)C1=O. The molecule has 0 aromatic rings. The van der Waals surface area contributed by atoms with Crippen LogP contribution < -0.4 is 26.6 Å². The number of rotatable bonds is 18. The van der Waals surface area contributed by atoms with E-state index in [1.54, 1.807) is 13.8 Å². The minimum atomic E-state index is -4.38. The highest BCUT2D eigenvalue weighted by atomic mass is 35.5. The molecule has 3 rings (SSSR count). The van der Waals surface area contributed by atoms with Crippen LogP contribution in [0.5, 0.6) is 0 Å². The molecule has 29 heteroatoms. The van der Waals surface area contributed by atoms with Gasteiger partial charge < -0.3 is 65.6 Å². The standard InChI is InChI=1S/C69H116ClF3N12O13/c1-18-34-98-67(97)74-33-21-20-22-51-63(93)85(17)68(9,10)66(96)77-52(35-42(3)4)62(92)82(14)45(8)37-56(87)83(15)53(36-43(5)6)61(91)78-59(44(7)19-2)65(95)81(13)40-57(88)79(11)41-58(89)84(16)54(38-47-25-30-49(70)31-26-47)64(94)80(12)39-55(86)75-50(60(90)76-51)32-27-46-23-28-48(29-24-46)69(71,72)73/h18,42-54,59H,1,19-41H2,2-17H3,(H,74,97)(H,75,86)(H,76,90)(H,77,96)(H,78,91)/t44-,45+,46?,47?,48?,49?,50-,51-,52-,53-,54-,59-/m0/s1. The van der Waals surface area contributed by atoms with E-state index in [0.29, 0.717) is 32.1 Å². The van der Waals surface area contributed by atoms with Crippen LogP contribution in [0, 0.1) is 35.5 Å². The molecule has 12 amide bonds. The highest BCUT2D eigenvalue weighted by Gasteiger charge is 2.45. The van der Waals surface area contributed by atoms with Gasteiger partial charge in [0.2, 0.25) is 65.0 Å². The molecule has 8 atom stereocenters. The molecule has 1 aliphatic heterocycles. The normalized spacial score (nSPS) is 27.6. The van der Waals surface area contributed by atoms with E-state index >= 15 is 4.79 Å². The molecule has 0 spiro atoms. The number of halogens is 4. The van der Waals surface area contributed by atoms with Crippen molar-refractivity contribution in [2.24, 2.45) is 35.5 Å². The van der Waals surface area contributed by atoms with Gasteiger partial charge >= 0.3 is 12.3 Å². The van der Waals surface area contributed by atoms with Gasteiger partial charge in [-0.15, -0.1) is 11.6 Å². The Balaban J connectivity index is 2.23. The summed E-state index contributed by atoms with van der Waals surface area (Å²) in [7, 11) is 9.81. The number of ether oxygens (including phenoxy) is 1. The average Bonchev–Trinajstić information content (AvgIpc) is 0.829. The van der Waals surface area contributed by atoms with E-state index in [-0.39, 0.29) is 126 Å². The van der Waals surface area contributed by atoms with Crippen molar-refractivity contribution in [3.63, 3.8) is 0 Å². The van der Waals surface area contributed by atoms with Gasteiger partial charge in [-0.25, -0.2) is 4.79 Å². The molecule has 3 fully saturated rings. The van der Waals surface area contributed by atoms with Crippen molar-refractivity contribution < 1.29 is 75.4 Å². The fourth-order valence-electron chi connectivity index (χ4n) is 12.6. The van der Waals surface area contributed by atoms with Crippen LogP contribution in [-0.4, -0.2) is 247 Å². The molecule has 2 aliphatic carbocycles. The third-order valence-electron chi connectivity index (χ3n) is 19.9. The minimum absolute atomic E-state index is 0.0491. The fourth-order valence-corrected chi connectivity index (χ4v) is 12.9. The maximum atomic E-state index is 15.1. The Morgan fingerprint density at radius 2 is 1.20 bits per heavy atom. The van der Waals surface area contributed by atoms with Gasteiger partial charge in [-0.2, -0.15) is 13.2 Å². The summed E-state index contributed by atoms with van der Waals surface area (Å²) in [6.07, 6.45) is 0.0441. The Morgan fingerprint density at radius 3 is 1.78 bits per heavy atom. The van der Waals surface area contributed by atoms with Crippen molar-refractivity contribution in [2.45, 2.75) is 237 Å². The van der Waals surface area contributed by atoms with E-state index < -0.39 is 157 Å². The first-order valence-electron chi connectivity index (χ1n) is 34.9. The monoisotopic (exact) mass is 1410 g/mol.